The van der Waals surface area contributed by atoms with Gasteiger partial charge in [-0.25, -0.2) is 14.8 Å². The fourth-order valence-corrected chi connectivity index (χ4v) is 4.37. The Hall–Kier alpha value is -5.62. The predicted molar refractivity (Wildman–Crippen MR) is 169 cm³/mol. The number of carbonyl (C=O) groups is 2. The second-order valence-corrected chi connectivity index (χ2v) is 10.2. The van der Waals surface area contributed by atoms with Crippen molar-refractivity contribution >= 4 is 45.8 Å². The molecule has 0 aliphatic rings. The molecule has 0 aliphatic carbocycles. The molecule has 0 atom stereocenters. The zero-order valence-electron chi connectivity index (χ0n) is 25.8. The number of nitriles is 1. The van der Waals surface area contributed by atoms with Gasteiger partial charge in [0.15, 0.2) is 0 Å². The minimum Gasteiger partial charge on any atom is -0.494 e. The van der Waals surface area contributed by atoms with E-state index in [0.29, 0.717) is 46.6 Å². The summed E-state index contributed by atoms with van der Waals surface area (Å²) in [6, 6.07) is 11.6. The van der Waals surface area contributed by atoms with Crippen molar-refractivity contribution in [3.63, 3.8) is 0 Å². The lowest BCUT2D eigenvalue weighted by atomic mass is 10.0. The van der Waals surface area contributed by atoms with Gasteiger partial charge in [-0.15, -0.1) is 0 Å². The number of aromatic nitrogens is 3. The van der Waals surface area contributed by atoms with E-state index in [4.69, 9.17) is 19.6 Å². The molecule has 0 saturated carbocycles. The Morgan fingerprint density at radius 3 is 2.48 bits per heavy atom. The van der Waals surface area contributed by atoms with Crippen LogP contribution in [0, 0.1) is 18.3 Å². The summed E-state index contributed by atoms with van der Waals surface area (Å²) in [7, 11) is 7.49. The number of aryl methyl sites for hydroxylation is 2. The lowest BCUT2D eigenvalue weighted by molar-refractivity contribution is -0.192. The first-order valence-corrected chi connectivity index (χ1v) is 13.6. The van der Waals surface area contributed by atoms with Gasteiger partial charge in [0.25, 0.3) is 0 Å². The SMILES string of the molecule is C=CC(=O)Nc1cc(Nc2nccc(-c3cc(C#N)c4c(c3)c(C)cn4C)n2)c(OC)cc1NCCN(C)C.O=C(O)C(F)(F)F. The monoisotopic (exact) mass is 638 g/mol. The highest BCUT2D eigenvalue weighted by molar-refractivity contribution is 6.02. The van der Waals surface area contributed by atoms with Crippen LogP contribution in [-0.2, 0) is 16.6 Å². The molecule has 15 heteroatoms. The number of nitrogens with one attached hydrogen (secondary N) is 3. The number of hydrogen-bond acceptors (Lipinski definition) is 9. The number of benzene rings is 2. The third kappa shape index (κ3) is 8.73. The molecular formula is C31H33F3N8O4. The number of methoxy groups -OCH3 is 1. The Kier molecular flexibility index (Phi) is 11.3. The number of fused-ring (bicyclic) bond motifs is 1. The maximum Gasteiger partial charge on any atom is 0.490 e. The number of rotatable bonds is 10. The lowest BCUT2D eigenvalue weighted by Crippen LogP contribution is -2.21. The first-order chi connectivity index (χ1) is 21.7. The summed E-state index contributed by atoms with van der Waals surface area (Å²) < 4.78 is 39.3. The maximum atomic E-state index is 12.1. The summed E-state index contributed by atoms with van der Waals surface area (Å²) in [5.41, 5.74) is 5.86. The second-order valence-electron chi connectivity index (χ2n) is 10.2. The van der Waals surface area contributed by atoms with Crippen molar-refractivity contribution in [2.45, 2.75) is 13.1 Å². The van der Waals surface area contributed by atoms with Gasteiger partial charge >= 0.3 is 12.1 Å². The maximum absolute atomic E-state index is 12.1. The number of carboxylic acid groups (broad SMARTS) is 1. The number of likely N-dealkylation sites (N-methyl/N-ethyl adjacent to an activating group) is 1. The minimum atomic E-state index is -5.08. The van der Waals surface area contributed by atoms with Crippen molar-refractivity contribution in [1.82, 2.24) is 19.4 Å². The summed E-state index contributed by atoms with van der Waals surface area (Å²) in [6.07, 6.45) is -0.201. The Labute approximate surface area is 263 Å². The molecule has 0 unspecified atom stereocenters. The Morgan fingerprint density at radius 1 is 1.20 bits per heavy atom. The molecule has 2 heterocycles. The molecular weight excluding hydrogens is 605 g/mol. The Balaban J connectivity index is 0.000000738. The van der Waals surface area contributed by atoms with Gasteiger partial charge in [0, 0.05) is 49.5 Å². The quantitative estimate of drug-likeness (QED) is 0.168. The number of amides is 1. The number of ether oxygens (including phenoxy) is 1. The zero-order valence-corrected chi connectivity index (χ0v) is 25.8. The Morgan fingerprint density at radius 2 is 1.89 bits per heavy atom. The van der Waals surface area contributed by atoms with Gasteiger partial charge in [-0.2, -0.15) is 18.4 Å². The molecule has 2 aromatic carbocycles. The van der Waals surface area contributed by atoms with E-state index in [1.165, 1.54) is 6.08 Å². The van der Waals surface area contributed by atoms with E-state index < -0.39 is 12.1 Å². The number of carbonyl (C=O) groups excluding carboxylic acids is 1. The average Bonchev–Trinajstić information content (AvgIpc) is 3.30. The van der Waals surface area contributed by atoms with Gasteiger partial charge in [0.05, 0.1) is 40.9 Å². The fourth-order valence-electron chi connectivity index (χ4n) is 4.37. The lowest BCUT2D eigenvalue weighted by Gasteiger charge is -2.19. The standard InChI is InChI=1S/C29H32N8O2.C2HF3O2/c1-7-27(38)33-24-14-25(26(39-6)15-23(24)31-10-11-36(3)4)35-29-32-9-8-22(34-29)19-12-20(16-30)28-21(13-19)18(2)17-37(28)5;3-2(4,5)1(6)7/h7-9,12-15,17,31H,1,10-11H2,2-6H3,(H,33,38)(H,32,34,35);(H,6,7). The minimum absolute atomic E-state index is 0.333. The molecule has 12 nitrogen and oxygen atoms in total. The first-order valence-electron chi connectivity index (χ1n) is 13.6. The van der Waals surface area contributed by atoms with E-state index in [9.17, 15) is 23.2 Å². The van der Waals surface area contributed by atoms with Crippen LogP contribution in [0.25, 0.3) is 22.2 Å². The van der Waals surface area contributed by atoms with Gasteiger partial charge in [-0.05, 0) is 56.9 Å². The van der Waals surface area contributed by atoms with Crippen LogP contribution >= 0.6 is 0 Å². The van der Waals surface area contributed by atoms with Gasteiger partial charge in [-0.1, -0.05) is 6.58 Å². The van der Waals surface area contributed by atoms with E-state index in [1.807, 2.05) is 57.0 Å². The van der Waals surface area contributed by atoms with E-state index in [1.54, 1.807) is 25.4 Å². The highest BCUT2D eigenvalue weighted by Gasteiger charge is 2.38. The van der Waals surface area contributed by atoms with Gasteiger partial charge in [0.2, 0.25) is 11.9 Å². The molecule has 0 spiro atoms. The molecule has 0 fully saturated rings. The Bertz CT molecular complexity index is 1800. The molecule has 0 bridgehead atoms. The summed E-state index contributed by atoms with van der Waals surface area (Å²) in [5, 5.41) is 27.3. The number of halogens is 3. The van der Waals surface area contributed by atoms with E-state index >= 15 is 0 Å². The van der Waals surface area contributed by atoms with Crippen molar-refractivity contribution in [3.8, 4) is 23.1 Å². The van der Waals surface area contributed by atoms with Crippen LogP contribution in [0.5, 0.6) is 5.75 Å². The molecule has 0 saturated heterocycles. The number of carboxylic acids is 1. The average molecular weight is 639 g/mol. The van der Waals surface area contributed by atoms with Crippen molar-refractivity contribution in [1.29, 1.82) is 5.26 Å². The summed E-state index contributed by atoms with van der Waals surface area (Å²) >= 11 is 0. The molecule has 2 aromatic heterocycles. The summed E-state index contributed by atoms with van der Waals surface area (Å²) in [6.45, 7) is 7.05. The first kappa shape index (κ1) is 34.9. The smallest absolute Gasteiger partial charge is 0.490 e. The highest BCUT2D eigenvalue weighted by atomic mass is 19.4. The number of hydrogen-bond donors (Lipinski definition) is 4. The van der Waals surface area contributed by atoms with E-state index in [0.717, 1.165) is 28.6 Å². The van der Waals surface area contributed by atoms with Gasteiger partial charge in [-0.3, -0.25) is 4.79 Å². The summed E-state index contributed by atoms with van der Waals surface area (Å²) in [4.78, 5) is 32.2. The van der Waals surface area contributed by atoms with Crippen LogP contribution in [0.15, 0.2) is 55.4 Å². The van der Waals surface area contributed by atoms with Crippen LogP contribution in [-0.4, -0.2) is 76.9 Å². The zero-order chi connectivity index (χ0) is 34.2. The molecule has 0 radical (unpaired) electrons. The van der Waals surface area contributed by atoms with E-state index in [2.05, 4.69) is 38.5 Å². The van der Waals surface area contributed by atoms with E-state index in [-0.39, 0.29) is 5.91 Å². The molecule has 0 aliphatic heterocycles. The molecule has 242 valence electrons. The summed E-state index contributed by atoms with van der Waals surface area (Å²) in [5.74, 6) is -2.21. The van der Waals surface area contributed by atoms with Crippen LogP contribution < -0.4 is 20.7 Å². The van der Waals surface area contributed by atoms with Gasteiger partial charge < -0.3 is 35.3 Å². The number of anilines is 4. The third-order valence-corrected chi connectivity index (χ3v) is 6.49. The van der Waals surface area contributed by atoms with Crippen LogP contribution in [0.1, 0.15) is 11.1 Å². The number of nitrogens with zero attached hydrogens (tertiary/aromatic N) is 5. The van der Waals surface area contributed by atoms with Crippen molar-refractivity contribution in [2.75, 3.05) is 50.2 Å². The van der Waals surface area contributed by atoms with Crippen LogP contribution in [0.3, 0.4) is 0 Å². The molecule has 1 amide bonds. The van der Waals surface area contributed by atoms with Crippen molar-refractivity contribution < 1.29 is 32.6 Å². The predicted octanol–water partition coefficient (Wildman–Crippen LogP) is 5.30. The fraction of sp³-hybridized carbons (Fsp3) is 0.258. The second kappa shape index (κ2) is 14.9. The topological polar surface area (TPSA) is 157 Å². The third-order valence-electron chi connectivity index (χ3n) is 6.49. The molecule has 4 aromatic rings. The number of aliphatic carboxylic acids is 1. The van der Waals surface area contributed by atoms with Crippen LogP contribution in [0.2, 0.25) is 0 Å². The van der Waals surface area contributed by atoms with Crippen molar-refractivity contribution in [2.24, 2.45) is 7.05 Å². The largest absolute Gasteiger partial charge is 0.494 e. The van der Waals surface area contributed by atoms with Gasteiger partial charge in [0.1, 0.15) is 11.8 Å². The molecule has 4 N–H and O–H groups in total. The highest BCUT2D eigenvalue weighted by Crippen LogP contribution is 2.37. The molecule has 4 rings (SSSR count). The molecule has 46 heavy (non-hydrogen) atoms. The normalized spacial score (nSPS) is 10.9. The number of alkyl halides is 3. The van der Waals surface area contributed by atoms with Crippen molar-refractivity contribution in [3.05, 3.63) is 66.5 Å². The van der Waals surface area contributed by atoms with Crippen LogP contribution in [0.4, 0.5) is 36.2 Å².